The predicted molar refractivity (Wildman–Crippen MR) is 107 cm³/mol. The number of aliphatic imine (C=N–C) groups is 1. The Kier molecular flexibility index (Phi) is 4.74. The third-order valence-electron chi connectivity index (χ3n) is 3.86. The first-order valence-electron chi connectivity index (χ1n) is 8.13. The fourth-order valence-corrected chi connectivity index (χ4v) is 3.58. The molecule has 0 aliphatic carbocycles. The molecule has 1 aliphatic heterocycles. The fourth-order valence-electron chi connectivity index (χ4n) is 2.59. The fraction of sp³-hybridized carbons (Fsp3) is 0.111. The van der Waals surface area contributed by atoms with Crippen molar-refractivity contribution in [1.29, 1.82) is 0 Å². The first-order chi connectivity index (χ1) is 13.1. The molecule has 2 amide bonds. The number of anilines is 2. The average molecular weight is 400 g/mol. The summed E-state index contributed by atoms with van der Waals surface area (Å²) in [7, 11) is 0. The highest BCUT2D eigenvalue weighted by Gasteiger charge is 2.27. The summed E-state index contributed by atoms with van der Waals surface area (Å²) in [4.78, 5) is 33.2. The number of guanidine groups is 1. The van der Waals surface area contributed by atoms with E-state index < -0.39 is 6.04 Å². The van der Waals surface area contributed by atoms with Crippen molar-refractivity contribution >= 4 is 61.7 Å². The quantitative estimate of drug-likeness (QED) is 0.630. The van der Waals surface area contributed by atoms with Gasteiger partial charge in [-0.25, -0.2) is 9.98 Å². The number of thiazole rings is 1. The molecule has 7 nitrogen and oxygen atoms in total. The molecule has 2 heterocycles. The lowest BCUT2D eigenvalue weighted by atomic mass is 10.1. The van der Waals surface area contributed by atoms with Crippen LogP contribution in [-0.4, -0.2) is 28.8 Å². The number of nitrogens with one attached hydrogen (secondary N) is 3. The van der Waals surface area contributed by atoms with E-state index in [0.29, 0.717) is 15.8 Å². The van der Waals surface area contributed by atoms with Crippen LogP contribution < -0.4 is 16.0 Å². The lowest BCUT2D eigenvalue weighted by Crippen LogP contribution is -2.45. The van der Waals surface area contributed by atoms with Gasteiger partial charge in [0.1, 0.15) is 6.04 Å². The minimum Gasteiger partial charge on any atom is -0.324 e. The van der Waals surface area contributed by atoms with Crippen molar-refractivity contribution in [2.75, 3.05) is 10.6 Å². The Hall–Kier alpha value is -2.97. The Balaban J connectivity index is 1.50. The van der Waals surface area contributed by atoms with Crippen LogP contribution >= 0.6 is 22.9 Å². The summed E-state index contributed by atoms with van der Waals surface area (Å²) < 4.78 is 1.01. The number of nitrogens with zero attached hydrogens (tertiary/aromatic N) is 2. The number of para-hydroxylation sites is 1. The first-order valence-corrected chi connectivity index (χ1v) is 9.33. The monoisotopic (exact) mass is 399 g/mol. The van der Waals surface area contributed by atoms with Gasteiger partial charge in [-0.3, -0.25) is 14.9 Å². The molecule has 0 fully saturated rings. The van der Waals surface area contributed by atoms with Crippen molar-refractivity contribution in [2.45, 2.75) is 12.5 Å². The van der Waals surface area contributed by atoms with Crippen molar-refractivity contribution in [3.05, 3.63) is 53.6 Å². The van der Waals surface area contributed by atoms with Crippen molar-refractivity contribution in [2.24, 2.45) is 4.99 Å². The molecule has 136 valence electrons. The molecular weight excluding hydrogens is 386 g/mol. The van der Waals surface area contributed by atoms with Crippen LogP contribution in [0.4, 0.5) is 10.8 Å². The number of fused-ring (bicyclic) bond motifs is 1. The van der Waals surface area contributed by atoms with Gasteiger partial charge in [-0.2, -0.15) is 0 Å². The molecule has 0 spiro atoms. The summed E-state index contributed by atoms with van der Waals surface area (Å²) in [5.74, 6) is -0.442. The number of carbonyl (C=O) groups is 2. The maximum Gasteiger partial charge on any atom is 0.249 e. The van der Waals surface area contributed by atoms with Crippen LogP contribution in [0.2, 0.25) is 5.02 Å². The third kappa shape index (κ3) is 4.07. The van der Waals surface area contributed by atoms with Gasteiger partial charge in [-0.05, 0) is 36.4 Å². The SMILES string of the molecule is O=C1C[C@H](C(=O)Nc2ccc(Cl)cc2)N=C(Nc2nc3ccccc3s2)N1. The zero-order valence-electron chi connectivity index (χ0n) is 13.9. The van der Waals surface area contributed by atoms with Crippen LogP contribution in [0, 0.1) is 0 Å². The van der Waals surface area contributed by atoms with Gasteiger partial charge >= 0.3 is 0 Å². The molecule has 27 heavy (non-hydrogen) atoms. The van der Waals surface area contributed by atoms with Crippen LogP contribution in [0.3, 0.4) is 0 Å². The predicted octanol–water partition coefficient (Wildman–Crippen LogP) is 3.24. The number of rotatable bonds is 3. The number of aromatic nitrogens is 1. The van der Waals surface area contributed by atoms with Gasteiger partial charge in [0.25, 0.3) is 0 Å². The summed E-state index contributed by atoms with van der Waals surface area (Å²) in [5, 5.41) is 9.53. The van der Waals surface area contributed by atoms with Gasteiger partial charge in [-0.15, -0.1) is 0 Å². The van der Waals surface area contributed by atoms with Gasteiger partial charge in [0.2, 0.25) is 17.8 Å². The molecule has 1 aliphatic rings. The molecule has 1 atom stereocenters. The molecule has 1 aromatic heterocycles. The van der Waals surface area contributed by atoms with E-state index in [9.17, 15) is 9.59 Å². The molecule has 0 radical (unpaired) electrons. The molecule has 3 N–H and O–H groups in total. The molecule has 0 unspecified atom stereocenters. The molecule has 0 bridgehead atoms. The number of hydrogen-bond donors (Lipinski definition) is 3. The topological polar surface area (TPSA) is 95.5 Å². The van der Waals surface area contributed by atoms with E-state index in [1.165, 1.54) is 11.3 Å². The highest BCUT2D eigenvalue weighted by Crippen LogP contribution is 2.25. The summed E-state index contributed by atoms with van der Waals surface area (Å²) in [5.41, 5.74) is 1.44. The van der Waals surface area contributed by atoms with E-state index in [0.717, 1.165) is 10.2 Å². The Morgan fingerprint density at radius 3 is 2.74 bits per heavy atom. The Bertz CT molecular complexity index is 1010. The van der Waals surface area contributed by atoms with Crippen molar-refractivity contribution in [3.8, 4) is 0 Å². The normalized spacial score (nSPS) is 16.6. The van der Waals surface area contributed by atoms with Gasteiger partial charge in [0, 0.05) is 10.7 Å². The third-order valence-corrected chi connectivity index (χ3v) is 5.06. The second kappa shape index (κ2) is 7.34. The Morgan fingerprint density at radius 2 is 1.96 bits per heavy atom. The standard InChI is InChI=1S/C18H14ClN5O2S/c19-10-5-7-11(8-6-10)20-16(26)13-9-15(25)23-17(21-13)24-18-22-12-3-1-2-4-14(12)27-18/h1-8,13H,9H2,(H,20,26)(H2,21,22,23,24,25)/t13-/m1/s1. The van der Waals surface area contributed by atoms with Crippen molar-refractivity contribution in [3.63, 3.8) is 0 Å². The van der Waals surface area contributed by atoms with E-state index in [4.69, 9.17) is 11.6 Å². The molecule has 0 saturated heterocycles. The largest absolute Gasteiger partial charge is 0.324 e. The molecule has 3 aromatic rings. The van der Waals surface area contributed by atoms with Crippen LogP contribution in [0.5, 0.6) is 0 Å². The number of halogens is 1. The Morgan fingerprint density at radius 1 is 1.19 bits per heavy atom. The van der Waals surface area contributed by atoms with E-state index in [2.05, 4.69) is 25.9 Å². The van der Waals surface area contributed by atoms with Crippen molar-refractivity contribution in [1.82, 2.24) is 10.3 Å². The van der Waals surface area contributed by atoms with Crippen LogP contribution in [0.15, 0.2) is 53.5 Å². The van der Waals surface area contributed by atoms with Gasteiger partial charge in [0.15, 0.2) is 5.13 Å². The van der Waals surface area contributed by atoms with Crippen LogP contribution in [0.1, 0.15) is 6.42 Å². The average Bonchev–Trinajstić information content (AvgIpc) is 3.05. The van der Waals surface area contributed by atoms with E-state index in [1.54, 1.807) is 24.3 Å². The first kappa shape index (κ1) is 17.4. The van der Waals surface area contributed by atoms with Gasteiger partial charge < -0.3 is 10.6 Å². The van der Waals surface area contributed by atoms with Gasteiger partial charge in [-0.1, -0.05) is 35.1 Å². The minimum absolute atomic E-state index is 0.0234. The van der Waals surface area contributed by atoms with E-state index in [-0.39, 0.29) is 24.2 Å². The van der Waals surface area contributed by atoms with Crippen LogP contribution in [-0.2, 0) is 9.59 Å². The second-order valence-corrected chi connectivity index (χ2v) is 7.32. The number of hydrogen-bond acceptors (Lipinski definition) is 6. The number of carbonyl (C=O) groups excluding carboxylic acids is 2. The summed E-state index contributed by atoms with van der Waals surface area (Å²) in [6, 6.07) is 13.6. The molecule has 0 saturated carbocycles. The minimum atomic E-state index is -0.827. The molecular formula is C18H14ClN5O2S. The smallest absolute Gasteiger partial charge is 0.249 e. The number of benzene rings is 2. The zero-order valence-corrected chi connectivity index (χ0v) is 15.5. The van der Waals surface area contributed by atoms with Crippen molar-refractivity contribution < 1.29 is 9.59 Å². The zero-order chi connectivity index (χ0) is 18.8. The van der Waals surface area contributed by atoms with Crippen LogP contribution in [0.25, 0.3) is 10.2 Å². The maximum absolute atomic E-state index is 12.5. The second-order valence-electron chi connectivity index (χ2n) is 5.85. The lowest BCUT2D eigenvalue weighted by molar-refractivity contribution is -0.124. The highest BCUT2D eigenvalue weighted by atomic mass is 35.5. The summed E-state index contributed by atoms with van der Waals surface area (Å²) >= 11 is 7.28. The summed E-state index contributed by atoms with van der Waals surface area (Å²) in [6.45, 7) is 0. The summed E-state index contributed by atoms with van der Waals surface area (Å²) in [6.07, 6.45) is -0.0234. The highest BCUT2D eigenvalue weighted by molar-refractivity contribution is 7.22. The molecule has 9 heteroatoms. The Labute approximate surface area is 163 Å². The number of amides is 2. The maximum atomic E-state index is 12.5. The van der Waals surface area contributed by atoms with Gasteiger partial charge in [0.05, 0.1) is 16.6 Å². The van der Waals surface area contributed by atoms with E-state index >= 15 is 0 Å². The molecule has 4 rings (SSSR count). The lowest BCUT2D eigenvalue weighted by Gasteiger charge is -2.20. The van der Waals surface area contributed by atoms with E-state index in [1.807, 2.05) is 24.3 Å². The molecule has 2 aromatic carbocycles.